The van der Waals surface area contributed by atoms with Gasteiger partial charge < -0.3 is 0 Å². The third-order valence-electron chi connectivity index (χ3n) is 16.1. The van der Waals surface area contributed by atoms with Gasteiger partial charge in [0, 0.05) is 38.5 Å². The van der Waals surface area contributed by atoms with Gasteiger partial charge in [-0.3, -0.25) is 4.90 Å². The zero-order valence-electron chi connectivity index (χ0n) is 39.5. The van der Waals surface area contributed by atoms with Crippen molar-refractivity contribution in [3.63, 3.8) is 0 Å². The molecule has 9 aromatic rings. The summed E-state index contributed by atoms with van der Waals surface area (Å²) < 4.78 is 0. The molecule has 0 N–H and O–H groups in total. The van der Waals surface area contributed by atoms with Gasteiger partial charge in [-0.05, 0) is 119 Å². The minimum absolute atomic E-state index is 0.121. The van der Waals surface area contributed by atoms with Crippen LogP contribution in [0.3, 0.4) is 0 Å². The monoisotopic (exact) mass is 864 g/mol. The summed E-state index contributed by atoms with van der Waals surface area (Å²) in [6.45, 7) is 18.7. The van der Waals surface area contributed by atoms with E-state index in [9.17, 15) is 0 Å². The van der Waals surface area contributed by atoms with E-state index in [1.165, 1.54) is 89.0 Å². The van der Waals surface area contributed by atoms with Crippen molar-refractivity contribution in [2.75, 3.05) is 4.90 Å². The second-order valence-electron chi connectivity index (χ2n) is 21.3. The van der Waals surface area contributed by atoms with Gasteiger partial charge in [-0.2, -0.15) is 9.97 Å². The van der Waals surface area contributed by atoms with Crippen LogP contribution in [0, 0.1) is 0 Å². The molecule has 0 fully saturated rings. The summed E-state index contributed by atoms with van der Waals surface area (Å²) in [6, 6.07) is 62.8. The number of hydrogen-bond donors (Lipinski definition) is 0. The van der Waals surface area contributed by atoms with Gasteiger partial charge in [0.05, 0.1) is 5.69 Å². The summed E-state index contributed by atoms with van der Waals surface area (Å²) in [5.41, 5.74) is 23.9. The summed E-state index contributed by atoms with van der Waals surface area (Å²) >= 11 is 0. The molecule has 4 aliphatic carbocycles. The highest BCUT2D eigenvalue weighted by Crippen LogP contribution is 2.56. The second kappa shape index (κ2) is 13.6. The normalized spacial score (nSPS) is 16.2. The van der Waals surface area contributed by atoms with Crippen molar-refractivity contribution in [1.29, 1.82) is 0 Å². The molecule has 0 radical (unpaired) electrons. The summed E-state index contributed by atoms with van der Waals surface area (Å²) in [6.07, 6.45) is 0. The Morgan fingerprint density at radius 2 is 0.731 bits per heavy atom. The Hall–Kier alpha value is -7.43. The predicted octanol–water partition coefficient (Wildman–Crippen LogP) is 15.9. The van der Waals surface area contributed by atoms with Crippen molar-refractivity contribution in [1.82, 2.24) is 15.0 Å². The average Bonchev–Trinajstić information content (AvgIpc) is 3.92. The van der Waals surface area contributed by atoms with Crippen LogP contribution in [-0.2, 0) is 21.7 Å². The Morgan fingerprint density at radius 1 is 0.313 bits per heavy atom. The number of rotatable bonds is 5. The molecule has 0 spiro atoms. The number of aromatic nitrogens is 3. The standard InChI is InChI=1S/C63H52N4/c1-60(2)49-24-14-11-20-42(49)46-34-37(29-32-52(46)60)57-64-58(38-28-31-44-40-18-9-13-23-48(40)62(5,6)54(44)35-38)66-59(65-57)67(39-30-33-53-47(36-39)43-21-12-15-25-50(43)61(53,3)4)55-27-17-22-45-41-19-10-16-26-51(41)63(7,8)56(45)55/h9-36H,1-8H3. The lowest BCUT2D eigenvalue weighted by Gasteiger charge is -2.31. The minimum Gasteiger partial charge on any atom is -0.279 e. The van der Waals surface area contributed by atoms with Gasteiger partial charge in [-0.1, -0.05) is 195 Å². The van der Waals surface area contributed by atoms with Gasteiger partial charge in [0.25, 0.3) is 0 Å². The molecule has 1 aromatic heterocycles. The first-order valence-corrected chi connectivity index (χ1v) is 23.8. The molecule has 0 saturated heterocycles. The smallest absolute Gasteiger partial charge is 0.238 e. The van der Waals surface area contributed by atoms with E-state index in [0.717, 1.165) is 22.5 Å². The van der Waals surface area contributed by atoms with Crippen LogP contribution in [0.5, 0.6) is 0 Å². The number of fused-ring (bicyclic) bond motifs is 12. The molecule has 0 amide bonds. The van der Waals surface area contributed by atoms with E-state index in [4.69, 9.17) is 15.0 Å². The fraction of sp³-hybridized carbons (Fsp3) is 0.190. The van der Waals surface area contributed by atoms with Crippen molar-refractivity contribution in [2.45, 2.75) is 77.0 Å². The minimum atomic E-state index is -0.300. The quantitative estimate of drug-likeness (QED) is 0.173. The van der Waals surface area contributed by atoms with Crippen LogP contribution in [-0.4, -0.2) is 15.0 Å². The summed E-state index contributed by atoms with van der Waals surface area (Å²) in [5.74, 6) is 1.86. The first-order valence-electron chi connectivity index (χ1n) is 23.8. The Balaban J connectivity index is 1.08. The average molecular weight is 865 g/mol. The second-order valence-corrected chi connectivity index (χ2v) is 21.3. The van der Waals surface area contributed by atoms with Crippen molar-refractivity contribution < 1.29 is 0 Å². The van der Waals surface area contributed by atoms with Crippen LogP contribution in [0.15, 0.2) is 170 Å². The third-order valence-corrected chi connectivity index (χ3v) is 16.1. The van der Waals surface area contributed by atoms with Crippen molar-refractivity contribution in [3.05, 3.63) is 214 Å². The maximum atomic E-state index is 5.63. The van der Waals surface area contributed by atoms with E-state index < -0.39 is 0 Å². The van der Waals surface area contributed by atoms with Crippen LogP contribution in [0.25, 0.3) is 67.3 Å². The van der Waals surface area contributed by atoms with Crippen LogP contribution in [0.2, 0.25) is 0 Å². The van der Waals surface area contributed by atoms with Gasteiger partial charge >= 0.3 is 0 Å². The van der Waals surface area contributed by atoms with Crippen molar-refractivity contribution in [2.24, 2.45) is 0 Å². The highest BCUT2D eigenvalue weighted by Gasteiger charge is 2.42. The van der Waals surface area contributed by atoms with Gasteiger partial charge in [-0.15, -0.1) is 0 Å². The maximum Gasteiger partial charge on any atom is 0.238 e. The molecule has 4 nitrogen and oxygen atoms in total. The molecule has 324 valence electrons. The molecular formula is C63H52N4. The van der Waals surface area contributed by atoms with E-state index in [2.05, 4.69) is 230 Å². The van der Waals surface area contributed by atoms with E-state index in [0.29, 0.717) is 17.6 Å². The largest absolute Gasteiger partial charge is 0.279 e. The first-order chi connectivity index (χ1) is 32.2. The molecule has 8 aromatic carbocycles. The lowest BCUT2D eigenvalue weighted by atomic mass is 9.81. The molecule has 67 heavy (non-hydrogen) atoms. The van der Waals surface area contributed by atoms with Crippen LogP contribution in [0.1, 0.15) is 99.9 Å². The molecule has 13 rings (SSSR count). The fourth-order valence-electron chi connectivity index (χ4n) is 12.6. The zero-order chi connectivity index (χ0) is 45.8. The van der Waals surface area contributed by atoms with E-state index in [-0.39, 0.29) is 21.7 Å². The Labute approximate surface area is 394 Å². The van der Waals surface area contributed by atoms with Gasteiger partial charge in [0.1, 0.15) is 0 Å². The van der Waals surface area contributed by atoms with E-state index >= 15 is 0 Å². The molecule has 0 saturated carbocycles. The number of anilines is 3. The molecule has 0 unspecified atom stereocenters. The highest BCUT2D eigenvalue weighted by molar-refractivity contribution is 5.93. The first kappa shape index (κ1) is 39.9. The van der Waals surface area contributed by atoms with Gasteiger partial charge in [-0.25, -0.2) is 4.98 Å². The van der Waals surface area contributed by atoms with E-state index in [1.807, 2.05) is 0 Å². The van der Waals surface area contributed by atoms with Gasteiger partial charge in [0.15, 0.2) is 11.6 Å². The fourth-order valence-corrected chi connectivity index (χ4v) is 12.6. The molecule has 0 aliphatic heterocycles. The molecule has 0 bridgehead atoms. The molecule has 4 aliphatic rings. The van der Waals surface area contributed by atoms with Crippen LogP contribution >= 0.6 is 0 Å². The summed E-state index contributed by atoms with van der Waals surface area (Å²) in [4.78, 5) is 19.1. The lowest BCUT2D eigenvalue weighted by Crippen LogP contribution is -2.22. The SMILES string of the molecule is CC1(C)c2ccccc2-c2cc(-c3nc(-c4ccc5c(c4)C(C)(C)c4ccccc4-5)nc(N(c4ccc5c(c4)-c4ccccc4C5(C)C)c4cccc5c4C(C)(C)c4ccccc4-5)n3)ccc21. The lowest BCUT2D eigenvalue weighted by molar-refractivity contribution is 0.659. The predicted molar refractivity (Wildman–Crippen MR) is 276 cm³/mol. The molecule has 4 heteroatoms. The molecule has 1 heterocycles. The van der Waals surface area contributed by atoms with Crippen LogP contribution < -0.4 is 4.90 Å². The zero-order valence-corrected chi connectivity index (χ0v) is 39.5. The van der Waals surface area contributed by atoms with Crippen LogP contribution in [0.4, 0.5) is 17.3 Å². The topological polar surface area (TPSA) is 41.9 Å². The molecule has 0 atom stereocenters. The highest BCUT2D eigenvalue weighted by atomic mass is 15.3. The van der Waals surface area contributed by atoms with E-state index in [1.54, 1.807) is 0 Å². The maximum absolute atomic E-state index is 5.63. The summed E-state index contributed by atoms with van der Waals surface area (Å²) in [5, 5.41) is 0. The number of benzene rings is 8. The number of hydrogen-bond acceptors (Lipinski definition) is 4. The third kappa shape index (κ3) is 5.44. The molecular weight excluding hydrogens is 813 g/mol. The summed E-state index contributed by atoms with van der Waals surface area (Å²) in [7, 11) is 0. The number of nitrogens with zero attached hydrogens (tertiary/aromatic N) is 4. The van der Waals surface area contributed by atoms with Crippen molar-refractivity contribution >= 4 is 17.3 Å². The van der Waals surface area contributed by atoms with Crippen molar-refractivity contribution in [3.8, 4) is 67.3 Å². The Morgan fingerprint density at radius 3 is 1.33 bits per heavy atom. The Bertz CT molecular complexity index is 3610. The Kier molecular flexibility index (Phi) is 8.08. The van der Waals surface area contributed by atoms with Gasteiger partial charge in [0.2, 0.25) is 5.95 Å².